The Morgan fingerprint density at radius 3 is 2.09 bits per heavy atom. The van der Waals surface area contributed by atoms with Gasteiger partial charge in [0.25, 0.3) is 17.1 Å². The molecule has 3 aromatic carbocycles. The monoisotopic (exact) mass is 487 g/mol. The Hall–Kier alpha value is -4.02. The van der Waals surface area contributed by atoms with Gasteiger partial charge in [-0.3, -0.25) is 30.3 Å². The van der Waals surface area contributed by atoms with E-state index in [9.17, 15) is 30.3 Å². The van der Waals surface area contributed by atoms with Gasteiger partial charge in [-0.1, -0.05) is 23.2 Å². The van der Waals surface area contributed by atoms with Gasteiger partial charge in [-0.2, -0.15) is 0 Å². The molecule has 12 heteroatoms. The molecule has 0 spiro atoms. The average Bonchev–Trinajstić information content (AvgIpc) is 3.05. The van der Waals surface area contributed by atoms with Crippen LogP contribution in [0.2, 0.25) is 10.0 Å². The first-order chi connectivity index (χ1) is 15.6. The lowest BCUT2D eigenvalue weighted by Crippen LogP contribution is -1.96. The van der Waals surface area contributed by atoms with Crippen LogP contribution in [0.1, 0.15) is 16.7 Å². The van der Waals surface area contributed by atoms with Crippen molar-refractivity contribution in [2.45, 2.75) is 0 Å². The van der Waals surface area contributed by atoms with Crippen LogP contribution in [-0.4, -0.2) is 21.9 Å². The van der Waals surface area contributed by atoms with E-state index in [0.717, 1.165) is 6.07 Å². The minimum Gasteiger partial charge on any atom is -0.495 e. The molecule has 0 atom stereocenters. The van der Waals surface area contributed by atoms with Crippen LogP contribution in [0.25, 0.3) is 22.8 Å². The molecule has 0 unspecified atom stereocenters. The quantitative estimate of drug-likeness (QED) is 0.237. The molecule has 0 heterocycles. The second-order valence-corrected chi connectivity index (χ2v) is 7.80. The van der Waals surface area contributed by atoms with Gasteiger partial charge in [0.05, 0.1) is 38.5 Å². The third-order valence-corrected chi connectivity index (χ3v) is 5.61. The molecule has 10 nitrogen and oxygen atoms in total. The number of hydrogen-bond acceptors (Lipinski definition) is 7. The Balaban J connectivity index is 2.13. The number of non-ortho nitro benzene ring substituents is 2. The fourth-order valence-corrected chi connectivity index (χ4v) is 4.39. The maximum absolute atomic E-state index is 11.8. The molecule has 0 aliphatic heterocycles. The average molecular weight is 488 g/mol. The number of benzene rings is 3. The van der Waals surface area contributed by atoms with Crippen molar-refractivity contribution in [3.8, 4) is 16.9 Å². The molecule has 0 fully saturated rings. The van der Waals surface area contributed by atoms with Crippen LogP contribution in [0.15, 0.2) is 42.5 Å². The minimum absolute atomic E-state index is 0.119. The number of nitro groups is 3. The normalized spacial score (nSPS) is 12.9. The maximum atomic E-state index is 11.8. The second kappa shape index (κ2) is 8.15. The molecule has 0 saturated carbocycles. The van der Waals surface area contributed by atoms with Crippen molar-refractivity contribution in [3.63, 3.8) is 0 Å². The Bertz CT molecular complexity index is 1420. The highest BCUT2D eigenvalue weighted by Crippen LogP contribution is 2.52. The summed E-state index contributed by atoms with van der Waals surface area (Å²) in [6.07, 6.45) is 1.53. The van der Waals surface area contributed by atoms with Gasteiger partial charge < -0.3 is 4.74 Å². The van der Waals surface area contributed by atoms with Crippen LogP contribution in [0, 0.1) is 30.3 Å². The number of rotatable bonds is 5. The lowest BCUT2D eigenvalue weighted by molar-refractivity contribution is -0.393. The number of ether oxygens (including phenoxy) is 1. The first kappa shape index (κ1) is 22.2. The van der Waals surface area contributed by atoms with E-state index in [4.69, 9.17) is 27.9 Å². The first-order valence-corrected chi connectivity index (χ1v) is 9.89. The molecule has 0 amide bonds. The summed E-state index contributed by atoms with van der Waals surface area (Å²) in [7, 11) is 1.38. The summed E-state index contributed by atoms with van der Waals surface area (Å²) in [6.45, 7) is 0. The zero-order valence-electron chi connectivity index (χ0n) is 16.6. The predicted molar refractivity (Wildman–Crippen MR) is 122 cm³/mol. The zero-order chi connectivity index (χ0) is 24.0. The van der Waals surface area contributed by atoms with Crippen molar-refractivity contribution in [1.29, 1.82) is 0 Å². The molecule has 1 aliphatic carbocycles. The van der Waals surface area contributed by atoms with Gasteiger partial charge in [0.2, 0.25) is 0 Å². The van der Waals surface area contributed by atoms with Gasteiger partial charge in [0.15, 0.2) is 0 Å². The number of halogens is 2. The second-order valence-electron chi connectivity index (χ2n) is 6.96. The van der Waals surface area contributed by atoms with E-state index in [2.05, 4.69) is 0 Å². The van der Waals surface area contributed by atoms with E-state index in [-0.39, 0.29) is 38.2 Å². The predicted octanol–water partition coefficient (Wildman–Crippen LogP) is 6.30. The van der Waals surface area contributed by atoms with Gasteiger partial charge in [-0.15, -0.1) is 0 Å². The first-order valence-electron chi connectivity index (χ1n) is 9.13. The highest BCUT2D eigenvalue weighted by Gasteiger charge is 2.35. The topological polar surface area (TPSA) is 139 Å². The Kier molecular flexibility index (Phi) is 5.48. The van der Waals surface area contributed by atoms with Crippen molar-refractivity contribution in [3.05, 3.63) is 99.5 Å². The zero-order valence-corrected chi connectivity index (χ0v) is 18.1. The number of hydrogen-bond donors (Lipinski definition) is 0. The van der Waals surface area contributed by atoms with E-state index in [1.165, 1.54) is 49.6 Å². The van der Waals surface area contributed by atoms with Crippen LogP contribution < -0.4 is 4.74 Å². The fraction of sp³-hybridized carbons (Fsp3) is 0.0476. The summed E-state index contributed by atoms with van der Waals surface area (Å²) < 4.78 is 5.34. The molecule has 0 N–H and O–H groups in total. The number of nitrogens with zero attached hydrogens (tertiary/aromatic N) is 3. The summed E-state index contributed by atoms with van der Waals surface area (Å²) in [5.41, 5.74) is 0.339. The van der Waals surface area contributed by atoms with E-state index >= 15 is 0 Å². The maximum Gasteiger partial charge on any atom is 0.284 e. The summed E-state index contributed by atoms with van der Waals surface area (Å²) in [4.78, 5) is 32.6. The summed E-state index contributed by atoms with van der Waals surface area (Å²) >= 11 is 12.3. The molecule has 166 valence electrons. The number of methoxy groups -OCH3 is 1. The van der Waals surface area contributed by atoms with Crippen LogP contribution in [0.5, 0.6) is 5.75 Å². The lowest BCUT2D eigenvalue weighted by atomic mass is 9.99. The molecule has 0 bridgehead atoms. The standard InChI is InChI=1S/C21H11Cl2N3O7/c1-33-21-10(4-11(22)6-18(21)23)5-15-16-7-12(24(27)28)2-3-14(16)20-17(15)8-13(25(29)30)9-19(20)26(31)32/h2-9H,1H3. The smallest absolute Gasteiger partial charge is 0.284 e. The van der Waals surface area contributed by atoms with Crippen molar-refractivity contribution in [2.24, 2.45) is 0 Å². The van der Waals surface area contributed by atoms with Crippen molar-refractivity contribution in [1.82, 2.24) is 0 Å². The van der Waals surface area contributed by atoms with E-state index in [1.54, 1.807) is 0 Å². The third-order valence-electron chi connectivity index (χ3n) is 5.11. The van der Waals surface area contributed by atoms with Gasteiger partial charge >= 0.3 is 0 Å². The Labute approximate surface area is 195 Å². The van der Waals surface area contributed by atoms with Gasteiger partial charge in [0, 0.05) is 34.3 Å². The summed E-state index contributed by atoms with van der Waals surface area (Å²) in [5.74, 6) is 0.244. The van der Waals surface area contributed by atoms with Crippen LogP contribution in [0.4, 0.5) is 17.1 Å². The summed E-state index contributed by atoms with van der Waals surface area (Å²) in [6, 6.07) is 8.90. The molecule has 0 aromatic heterocycles. The molecule has 33 heavy (non-hydrogen) atoms. The number of nitro benzene ring substituents is 3. The van der Waals surface area contributed by atoms with E-state index in [0.29, 0.717) is 16.7 Å². The highest BCUT2D eigenvalue weighted by molar-refractivity contribution is 6.36. The van der Waals surface area contributed by atoms with Crippen molar-refractivity contribution < 1.29 is 19.5 Å². The van der Waals surface area contributed by atoms with Gasteiger partial charge in [-0.05, 0) is 41.0 Å². The Morgan fingerprint density at radius 1 is 0.818 bits per heavy atom. The fourth-order valence-electron chi connectivity index (χ4n) is 3.80. The molecule has 4 rings (SSSR count). The SMILES string of the molecule is COc1c(Cl)cc(Cl)cc1C=C1c2cc([N+](=O)[O-])ccc2-c2c1cc([N+](=O)[O-])cc2[N+](=O)[O-]. The van der Waals surface area contributed by atoms with Gasteiger partial charge in [0.1, 0.15) is 5.75 Å². The highest BCUT2D eigenvalue weighted by atomic mass is 35.5. The lowest BCUT2D eigenvalue weighted by Gasteiger charge is -2.10. The Morgan fingerprint density at radius 2 is 1.48 bits per heavy atom. The third kappa shape index (κ3) is 3.75. The van der Waals surface area contributed by atoms with Crippen LogP contribution >= 0.6 is 23.2 Å². The molecule has 0 saturated heterocycles. The van der Waals surface area contributed by atoms with E-state index in [1.807, 2.05) is 0 Å². The van der Waals surface area contributed by atoms with Crippen LogP contribution in [0.3, 0.4) is 0 Å². The summed E-state index contributed by atoms with van der Waals surface area (Å²) in [5, 5.41) is 35.1. The van der Waals surface area contributed by atoms with Crippen LogP contribution in [-0.2, 0) is 0 Å². The molecular weight excluding hydrogens is 477 g/mol. The van der Waals surface area contributed by atoms with Crippen molar-refractivity contribution >= 4 is 51.9 Å². The minimum atomic E-state index is -0.743. The largest absolute Gasteiger partial charge is 0.495 e. The molecular formula is C21H11Cl2N3O7. The van der Waals surface area contributed by atoms with Gasteiger partial charge in [-0.25, -0.2) is 0 Å². The van der Waals surface area contributed by atoms with E-state index < -0.39 is 26.1 Å². The molecule has 0 radical (unpaired) electrons. The number of fused-ring (bicyclic) bond motifs is 3. The van der Waals surface area contributed by atoms with Crippen molar-refractivity contribution in [2.75, 3.05) is 7.11 Å². The molecule has 3 aromatic rings. The molecule has 1 aliphatic rings.